The quantitative estimate of drug-likeness (QED) is 0.729. The lowest BCUT2D eigenvalue weighted by molar-refractivity contribution is -0.139. The van der Waals surface area contributed by atoms with E-state index < -0.39 is 5.54 Å². The second-order valence-corrected chi connectivity index (χ2v) is 8.60. The summed E-state index contributed by atoms with van der Waals surface area (Å²) in [6, 6.07) is 4.07. The molecule has 0 bridgehead atoms. The van der Waals surface area contributed by atoms with Crippen molar-refractivity contribution in [2.24, 2.45) is 0 Å². The first-order valence-corrected chi connectivity index (χ1v) is 10.5. The number of rotatable bonds is 5. The number of nitrogens with one attached hydrogen (secondary N) is 2. The zero-order valence-corrected chi connectivity index (χ0v) is 18.6. The molecule has 2 saturated heterocycles. The third-order valence-electron chi connectivity index (χ3n) is 5.90. The third-order valence-corrected chi connectivity index (χ3v) is 6.39. The second-order valence-electron chi connectivity index (χ2n) is 8.22. The maximum atomic E-state index is 12.8. The van der Waals surface area contributed by atoms with Gasteiger partial charge in [0.25, 0.3) is 0 Å². The molecule has 1 aromatic carbocycles. The molecule has 2 atom stereocenters. The first-order valence-electron chi connectivity index (χ1n) is 10.1. The number of piperazine rings is 2. The molecular weight excluding hydrogens is 408 g/mol. The molecule has 9 heteroatoms. The zero-order valence-electron chi connectivity index (χ0n) is 17.9. The Hall–Kier alpha value is -2.48. The molecule has 2 fully saturated rings. The van der Waals surface area contributed by atoms with Crippen LogP contribution in [0.1, 0.15) is 32.3 Å². The van der Waals surface area contributed by atoms with Gasteiger partial charge in [-0.05, 0) is 38.8 Å². The van der Waals surface area contributed by atoms with Gasteiger partial charge in [-0.1, -0.05) is 11.6 Å². The summed E-state index contributed by atoms with van der Waals surface area (Å²) in [7, 11) is 1.60. The van der Waals surface area contributed by atoms with Crippen LogP contribution in [0.15, 0.2) is 12.1 Å². The number of amides is 3. The number of aryl methyl sites for hydroxylation is 1. The molecule has 8 nitrogen and oxygen atoms in total. The summed E-state index contributed by atoms with van der Waals surface area (Å²) in [5.74, 6) is 0.138. The summed E-state index contributed by atoms with van der Waals surface area (Å²) >= 11 is 6.28. The van der Waals surface area contributed by atoms with Crippen molar-refractivity contribution in [1.29, 1.82) is 0 Å². The summed E-state index contributed by atoms with van der Waals surface area (Å²) in [5.41, 5.74) is 0.913. The fourth-order valence-electron chi connectivity index (χ4n) is 4.06. The average Bonchev–Trinajstić information content (AvgIpc) is 2.71. The van der Waals surface area contributed by atoms with Gasteiger partial charge in [0.15, 0.2) is 0 Å². The van der Waals surface area contributed by atoms with E-state index in [-0.39, 0.29) is 43.1 Å². The largest absolute Gasteiger partial charge is 0.495 e. The highest BCUT2D eigenvalue weighted by Gasteiger charge is 2.39. The molecule has 0 aliphatic carbocycles. The number of carbonyl (C=O) groups is 3. The molecule has 30 heavy (non-hydrogen) atoms. The minimum Gasteiger partial charge on any atom is -0.495 e. The number of methoxy groups -OCH3 is 1. The van der Waals surface area contributed by atoms with Crippen molar-refractivity contribution in [2.45, 2.75) is 45.2 Å². The SMILES string of the molecule is COc1cc(N2CCN(C(=O)CC[C@@]3(C)NC(=O)CNC3=O)C[C@@H]2C)cc(C)c1Cl. The number of halogens is 1. The van der Waals surface area contributed by atoms with E-state index in [4.69, 9.17) is 16.3 Å². The molecule has 3 amide bonds. The van der Waals surface area contributed by atoms with Crippen LogP contribution in [0.2, 0.25) is 5.02 Å². The van der Waals surface area contributed by atoms with Crippen LogP contribution in [-0.4, -0.2) is 67.5 Å². The molecular formula is C21H29ClN4O4. The van der Waals surface area contributed by atoms with E-state index in [1.165, 1.54) is 0 Å². The summed E-state index contributed by atoms with van der Waals surface area (Å²) in [4.78, 5) is 40.6. The Morgan fingerprint density at radius 2 is 2.07 bits per heavy atom. The van der Waals surface area contributed by atoms with Gasteiger partial charge in [0.05, 0.1) is 18.7 Å². The predicted octanol–water partition coefficient (Wildman–Crippen LogP) is 1.48. The number of ether oxygens (including phenoxy) is 1. The normalized spacial score (nSPS) is 24.4. The van der Waals surface area contributed by atoms with Crippen molar-refractivity contribution in [3.05, 3.63) is 22.7 Å². The van der Waals surface area contributed by atoms with Crippen LogP contribution < -0.4 is 20.3 Å². The zero-order chi connectivity index (χ0) is 22.1. The van der Waals surface area contributed by atoms with E-state index in [0.29, 0.717) is 30.4 Å². The molecule has 0 saturated carbocycles. The lowest BCUT2D eigenvalue weighted by Crippen LogP contribution is -2.64. The molecule has 3 rings (SSSR count). The van der Waals surface area contributed by atoms with E-state index >= 15 is 0 Å². The van der Waals surface area contributed by atoms with Gasteiger partial charge in [0.2, 0.25) is 17.7 Å². The number of benzene rings is 1. The first kappa shape index (κ1) is 22.2. The van der Waals surface area contributed by atoms with Crippen molar-refractivity contribution >= 4 is 35.0 Å². The molecule has 0 radical (unpaired) electrons. The lowest BCUT2D eigenvalue weighted by Gasteiger charge is -2.42. The monoisotopic (exact) mass is 436 g/mol. The van der Waals surface area contributed by atoms with Gasteiger partial charge in [-0.2, -0.15) is 0 Å². The van der Waals surface area contributed by atoms with Crippen LogP contribution in [0.25, 0.3) is 0 Å². The van der Waals surface area contributed by atoms with Crippen LogP contribution in [0.5, 0.6) is 5.75 Å². The van der Waals surface area contributed by atoms with Gasteiger partial charge in [-0.15, -0.1) is 0 Å². The van der Waals surface area contributed by atoms with Crippen molar-refractivity contribution in [3.8, 4) is 5.75 Å². The Kier molecular flexibility index (Phi) is 6.45. The number of anilines is 1. The van der Waals surface area contributed by atoms with Crippen LogP contribution in [-0.2, 0) is 14.4 Å². The predicted molar refractivity (Wildman–Crippen MR) is 115 cm³/mol. The van der Waals surface area contributed by atoms with Gasteiger partial charge in [-0.3, -0.25) is 14.4 Å². The molecule has 0 spiro atoms. The highest BCUT2D eigenvalue weighted by molar-refractivity contribution is 6.32. The molecule has 1 aromatic rings. The third kappa shape index (κ3) is 4.48. The maximum Gasteiger partial charge on any atom is 0.245 e. The van der Waals surface area contributed by atoms with Crippen molar-refractivity contribution < 1.29 is 19.1 Å². The standard InChI is InChI=1S/C21H29ClN4O4/c1-13-9-15(10-16(30-4)19(13)22)26-8-7-25(12-14(26)2)18(28)5-6-21(3)20(29)23-11-17(27)24-21/h9-10,14H,5-8,11-12H2,1-4H3,(H,23,29)(H,24,27)/t14-,21+/m0/s1. The Balaban J connectivity index is 1.61. The van der Waals surface area contributed by atoms with Gasteiger partial charge in [0.1, 0.15) is 11.3 Å². The molecule has 0 aromatic heterocycles. The van der Waals surface area contributed by atoms with Crippen LogP contribution in [0, 0.1) is 6.92 Å². The average molecular weight is 437 g/mol. The second kappa shape index (κ2) is 8.71. The Morgan fingerprint density at radius 3 is 2.73 bits per heavy atom. The van der Waals surface area contributed by atoms with E-state index in [2.05, 4.69) is 22.5 Å². The van der Waals surface area contributed by atoms with Crippen LogP contribution in [0.3, 0.4) is 0 Å². The van der Waals surface area contributed by atoms with Crippen molar-refractivity contribution in [3.63, 3.8) is 0 Å². The molecule has 0 unspecified atom stereocenters. The van der Waals surface area contributed by atoms with Crippen molar-refractivity contribution in [1.82, 2.24) is 15.5 Å². The number of hydrogen-bond donors (Lipinski definition) is 2. The lowest BCUT2D eigenvalue weighted by atomic mass is 9.92. The molecule has 2 aliphatic rings. The Bertz CT molecular complexity index is 862. The van der Waals surface area contributed by atoms with Crippen LogP contribution >= 0.6 is 11.6 Å². The molecule has 2 aliphatic heterocycles. The van der Waals surface area contributed by atoms with Crippen molar-refractivity contribution in [2.75, 3.05) is 38.2 Å². The van der Waals surface area contributed by atoms with E-state index in [1.807, 2.05) is 24.0 Å². The molecule has 2 heterocycles. The Labute approximate surface area is 181 Å². The number of nitrogens with zero attached hydrogens (tertiary/aromatic N) is 2. The van der Waals surface area contributed by atoms with E-state index in [1.54, 1.807) is 14.0 Å². The smallest absolute Gasteiger partial charge is 0.245 e. The fraction of sp³-hybridized carbons (Fsp3) is 0.571. The number of hydrogen-bond acceptors (Lipinski definition) is 5. The van der Waals surface area contributed by atoms with Crippen LogP contribution in [0.4, 0.5) is 5.69 Å². The maximum absolute atomic E-state index is 12.8. The highest BCUT2D eigenvalue weighted by Crippen LogP contribution is 2.34. The minimum atomic E-state index is -1.05. The van der Waals surface area contributed by atoms with Gasteiger partial charge >= 0.3 is 0 Å². The van der Waals surface area contributed by atoms with E-state index in [0.717, 1.165) is 11.3 Å². The molecule has 2 N–H and O–H groups in total. The highest BCUT2D eigenvalue weighted by atomic mass is 35.5. The molecule has 164 valence electrons. The summed E-state index contributed by atoms with van der Waals surface area (Å²) in [6.07, 6.45) is 0.469. The van der Waals surface area contributed by atoms with E-state index in [9.17, 15) is 14.4 Å². The Morgan fingerprint density at radius 1 is 1.33 bits per heavy atom. The van der Waals surface area contributed by atoms with Gasteiger partial charge < -0.3 is 25.2 Å². The fourth-order valence-corrected chi connectivity index (χ4v) is 4.24. The summed E-state index contributed by atoms with van der Waals surface area (Å²) in [6.45, 7) is 7.51. The van der Waals surface area contributed by atoms with Gasteiger partial charge in [0, 0.05) is 43.9 Å². The van der Waals surface area contributed by atoms with Gasteiger partial charge in [-0.25, -0.2) is 0 Å². The minimum absolute atomic E-state index is 0.0137. The topological polar surface area (TPSA) is 91.0 Å². The number of carbonyl (C=O) groups excluding carboxylic acids is 3. The summed E-state index contributed by atoms with van der Waals surface area (Å²) in [5, 5.41) is 5.88. The summed E-state index contributed by atoms with van der Waals surface area (Å²) < 4.78 is 5.38. The first-order chi connectivity index (χ1) is 14.1.